The molecule has 1 unspecified atom stereocenters. The highest BCUT2D eigenvalue weighted by Gasteiger charge is 2.56. The van der Waals surface area contributed by atoms with E-state index in [1.165, 1.54) is 0 Å². The van der Waals surface area contributed by atoms with E-state index in [1.54, 1.807) is 19.3 Å². The minimum Gasteiger partial charge on any atom is -0.469 e. The van der Waals surface area contributed by atoms with Crippen LogP contribution in [0.25, 0.3) is 0 Å². The van der Waals surface area contributed by atoms with Crippen LogP contribution in [0.15, 0.2) is 22.3 Å². The van der Waals surface area contributed by atoms with Crippen molar-refractivity contribution in [2.45, 2.75) is 66.1 Å². The fraction of sp³-hybridized carbons (Fsp3) is 0.650. The average Bonchev–Trinajstić information content (AvgIpc) is 2.93. The summed E-state index contributed by atoms with van der Waals surface area (Å²) >= 11 is 0. The highest BCUT2D eigenvalue weighted by atomic mass is 16.5. The SMILES string of the molecule is C/C=C(/C)C(=O)O[C@@H]1c2c(C)coc2C[C@H]2CCC(O)[C@H](C)[C@]21C. The first kappa shape index (κ1) is 17.3. The van der Waals surface area contributed by atoms with Gasteiger partial charge in [-0.2, -0.15) is 0 Å². The molecule has 0 aromatic carbocycles. The number of esters is 1. The summed E-state index contributed by atoms with van der Waals surface area (Å²) in [5.41, 5.74) is 2.34. The Morgan fingerprint density at radius 1 is 1.46 bits per heavy atom. The number of ether oxygens (including phenoxy) is 1. The molecular formula is C20H28O4. The maximum atomic E-state index is 12.5. The molecule has 0 aliphatic heterocycles. The molecule has 4 nitrogen and oxygen atoms in total. The number of carbonyl (C=O) groups excluding carboxylic acids is 1. The van der Waals surface area contributed by atoms with E-state index in [1.807, 2.05) is 13.8 Å². The summed E-state index contributed by atoms with van der Waals surface area (Å²) in [6.45, 7) is 9.86. The van der Waals surface area contributed by atoms with Crippen molar-refractivity contribution in [3.63, 3.8) is 0 Å². The second kappa shape index (κ2) is 6.07. The number of aliphatic hydroxyl groups is 1. The lowest BCUT2D eigenvalue weighted by molar-refractivity contribution is -0.174. The van der Waals surface area contributed by atoms with Gasteiger partial charge < -0.3 is 14.3 Å². The van der Waals surface area contributed by atoms with E-state index < -0.39 is 0 Å². The van der Waals surface area contributed by atoms with Crippen LogP contribution < -0.4 is 0 Å². The van der Waals surface area contributed by atoms with Crippen LogP contribution in [-0.4, -0.2) is 17.2 Å². The van der Waals surface area contributed by atoms with Crippen LogP contribution in [0.5, 0.6) is 0 Å². The number of carbonyl (C=O) groups is 1. The van der Waals surface area contributed by atoms with Gasteiger partial charge in [-0.25, -0.2) is 4.79 Å². The van der Waals surface area contributed by atoms with E-state index in [4.69, 9.17) is 9.15 Å². The standard InChI is InChI=1S/C20H28O4/c1-6-11(2)19(22)24-18-17-12(3)10-23-16(17)9-14-7-8-15(21)13(4)20(14,18)5/h6,10,13-15,18,21H,7-9H2,1-5H3/b11-6-/t13-,14+,15?,18+,20+/m0/s1. The summed E-state index contributed by atoms with van der Waals surface area (Å²) in [4.78, 5) is 12.5. The van der Waals surface area contributed by atoms with Gasteiger partial charge in [-0.05, 0) is 51.0 Å². The molecule has 2 aliphatic carbocycles. The number of rotatable bonds is 2. The van der Waals surface area contributed by atoms with Gasteiger partial charge in [0.25, 0.3) is 0 Å². The number of allylic oxidation sites excluding steroid dienone is 1. The molecule has 3 rings (SSSR count). The third-order valence-electron chi connectivity index (χ3n) is 6.59. The fourth-order valence-electron chi connectivity index (χ4n) is 4.55. The highest BCUT2D eigenvalue weighted by molar-refractivity contribution is 5.87. The molecule has 1 aromatic heterocycles. The van der Waals surface area contributed by atoms with Crippen molar-refractivity contribution in [1.29, 1.82) is 0 Å². The first-order valence-corrected chi connectivity index (χ1v) is 8.89. The molecule has 1 aromatic rings. The van der Waals surface area contributed by atoms with Crippen molar-refractivity contribution < 1.29 is 19.1 Å². The molecule has 5 atom stereocenters. The number of hydrogen-bond donors (Lipinski definition) is 1. The summed E-state index contributed by atoms with van der Waals surface area (Å²) in [6.07, 6.45) is 5.38. The van der Waals surface area contributed by atoms with Crippen molar-refractivity contribution in [1.82, 2.24) is 0 Å². The maximum absolute atomic E-state index is 12.5. The Labute approximate surface area is 143 Å². The van der Waals surface area contributed by atoms with Gasteiger partial charge in [0, 0.05) is 23.0 Å². The van der Waals surface area contributed by atoms with Crippen LogP contribution in [0.2, 0.25) is 0 Å². The minimum atomic E-state index is -0.377. The Balaban J connectivity index is 2.08. The Hall–Kier alpha value is -1.55. The molecule has 0 bridgehead atoms. The topological polar surface area (TPSA) is 59.7 Å². The van der Waals surface area contributed by atoms with Crippen LogP contribution in [-0.2, 0) is 16.0 Å². The van der Waals surface area contributed by atoms with Gasteiger partial charge in [-0.1, -0.05) is 19.9 Å². The van der Waals surface area contributed by atoms with E-state index in [-0.39, 0.29) is 29.5 Å². The number of hydrogen-bond acceptors (Lipinski definition) is 4. The molecule has 0 amide bonds. The molecule has 132 valence electrons. The fourth-order valence-corrected chi connectivity index (χ4v) is 4.55. The predicted octanol–water partition coefficient (Wildman–Crippen LogP) is 4.11. The second-order valence-corrected chi connectivity index (χ2v) is 7.71. The number of furan rings is 1. The lowest BCUT2D eigenvalue weighted by Gasteiger charge is -2.54. The Morgan fingerprint density at radius 3 is 2.83 bits per heavy atom. The van der Waals surface area contributed by atoms with Crippen molar-refractivity contribution >= 4 is 5.97 Å². The van der Waals surface area contributed by atoms with Crippen molar-refractivity contribution in [2.24, 2.45) is 17.3 Å². The van der Waals surface area contributed by atoms with Crippen molar-refractivity contribution in [3.05, 3.63) is 34.8 Å². The lowest BCUT2D eigenvalue weighted by Crippen LogP contribution is -2.52. The van der Waals surface area contributed by atoms with E-state index in [9.17, 15) is 9.90 Å². The Kier molecular flexibility index (Phi) is 4.37. The van der Waals surface area contributed by atoms with E-state index in [0.717, 1.165) is 36.1 Å². The van der Waals surface area contributed by atoms with E-state index in [2.05, 4.69) is 13.8 Å². The van der Waals surface area contributed by atoms with Crippen LogP contribution in [0, 0.1) is 24.2 Å². The first-order chi connectivity index (χ1) is 11.3. The van der Waals surface area contributed by atoms with Crippen molar-refractivity contribution in [2.75, 3.05) is 0 Å². The van der Waals surface area contributed by atoms with Gasteiger partial charge in [0.2, 0.25) is 0 Å². The zero-order valence-corrected chi connectivity index (χ0v) is 15.3. The van der Waals surface area contributed by atoms with Crippen LogP contribution in [0.3, 0.4) is 0 Å². The molecule has 2 aliphatic rings. The zero-order chi connectivity index (χ0) is 17.6. The lowest BCUT2D eigenvalue weighted by atomic mass is 9.53. The third-order valence-corrected chi connectivity index (χ3v) is 6.59. The third kappa shape index (κ3) is 2.43. The van der Waals surface area contributed by atoms with Crippen molar-refractivity contribution in [3.8, 4) is 0 Å². The summed E-state index contributed by atoms with van der Waals surface area (Å²) in [5, 5.41) is 10.5. The Morgan fingerprint density at radius 2 is 2.17 bits per heavy atom. The summed E-state index contributed by atoms with van der Waals surface area (Å²) in [6, 6.07) is 0. The Bertz CT molecular complexity index is 671. The molecule has 1 saturated carbocycles. The number of aliphatic hydroxyl groups excluding tert-OH is 1. The molecular weight excluding hydrogens is 304 g/mol. The van der Waals surface area contributed by atoms with E-state index >= 15 is 0 Å². The highest BCUT2D eigenvalue weighted by Crippen LogP contribution is 2.59. The zero-order valence-electron chi connectivity index (χ0n) is 15.3. The molecule has 24 heavy (non-hydrogen) atoms. The minimum absolute atomic E-state index is 0.0578. The number of fused-ring (bicyclic) bond motifs is 2. The summed E-state index contributed by atoms with van der Waals surface area (Å²) in [7, 11) is 0. The average molecular weight is 332 g/mol. The summed E-state index contributed by atoms with van der Waals surface area (Å²) < 4.78 is 11.8. The molecule has 1 heterocycles. The van der Waals surface area contributed by atoms with Crippen LogP contribution in [0.4, 0.5) is 0 Å². The predicted molar refractivity (Wildman–Crippen MR) is 91.4 cm³/mol. The summed E-state index contributed by atoms with van der Waals surface area (Å²) in [5.74, 6) is 1.05. The largest absolute Gasteiger partial charge is 0.469 e. The second-order valence-electron chi connectivity index (χ2n) is 7.71. The first-order valence-electron chi connectivity index (χ1n) is 8.89. The van der Waals surface area contributed by atoms with E-state index in [0.29, 0.717) is 11.5 Å². The molecule has 0 spiro atoms. The number of aryl methyl sites for hydroxylation is 1. The molecule has 0 radical (unpaired) electrons. The van der Waals surface area contributed by atoms with Gasteiger partial charge in [0.15, 0.2) is 0 Å². The smallest absolute Gasteiger partial charge is 0.334 e. The van der Waals surface area contributed by atoms with Gasteiger partial charge >= 0.3 is 5.97 Å². The van der Waals surface area contributed by atoms with Gasteiger partial charge in [0.1, 0.15) is 11.9 Å². The van der Waals surface area contributed by atoms with Gasteiger partial charge in [0.05, 0.1) is 12.4 Å². The molecule has 1 N–H and O–H groups in total. The quantitative estimate of drug-likeness (QED) is 0.654. The molecule has 4 heteroatoms. The van der Waals surface area contributed by atoms with Gasteiger partial charge in [-0.15, -0.1) is 0 Å². The maximum Gasteiger partial charge on any atom is 0.334 e. The normalized spacial score (nSPS) is 36.0. The van der Waals surface area contributed by atoms with Gasteiger partial charge in [-0.3, -0.25) is 0 Å². The molecule has 1 fully saturated rings. The van der Waals surface area contributed by atoms with Crippen LogP contribution in [0.1, 0.15) is 63.5 Å². The van der Waals surface area contributed by atoms with Crippen LogP contribution >= 0.6 is 0 Å². The monoisotopic (exact) mass is 332 g/mol. The molecule has 0 saturated heterocycles.